The van der Waals surface area contributed by atoms with Crippen LogP contribution in [0.2, 0.25) is 5.02 Å². The fourth-order valence-electron chi connectivity index (χ4n) is 2.64. The van der Waals surface area contributed by atoms with Gasteiger partial charge in [-0.2, -0.15) is 0 Å². The van der Waals surface area contributed by atoms with Gasteiger partial charge in [0.15, 0.2) is 0 Å². The molecule has 1 aliphatic rings. The van der Waals surface area contributed by atoms with E-state index in [1.165, 1.54) is 6.07 Å². The minimum atomic E-state index is -0.349. The highest BCUT2D eigenvalue weighted by Crippen LogP contribution is 2.29. The lowest BCUT2D eigenvalue weighted by atomic mass is 9.92. The van der Waals surface area contributed by atoms with Crippen LogP contribution in [-0.2, 0) is 6.42 Å². The molecule has 0 heterocycles. The lowest BCUT2D eigenvalue weighted by Gasteiger charge is -2.17. The Morgan fingerprint density at radius 3 is 2.88 bits per heavy atom. The molecule has 1 N–H and O–H groups in total. The molecule has 0 bridgehead atoms. The maximum absolute atomic E-state index is 13.3. The molecule has 1 aromatic carbocycles. The van der Waals surface area contributed by atoms with Gasteiger partial charge in [0.25, 0.3) is 0 Å². The Hall–Kier alpha value is -0.600. The standard InChI is InChI=1S/C14H18ClFO/c15-14-11(5-3-7-13(14)16)8-10-4-1-2-6-12(17)9-10/h3,5,7,10,12,17H,1-2,4,6,8-9H2. The predicted octanol–water partition coefficient (Wildman–Crippen LogP) is 3.96. The second-order valence-corrected chi connectivity index (χ2v) is 5.34. The van der Waals surface area contributed by atoms with Crippen LogP contribution in [0.15, 0.2) is 18.2 Å². The summed E-state index contributed by atoms with van der Waals surface area (Å²) in [5, 5.41) is 10.00. The van der Waals surface area contributed by atoms with Crippen LogP contribution in [0.4, 0.5) is 4.39 Å². The summed E-state index contributed by atoms with van der Waals surface area (Å²) < 4.78 is 13.3. The van der Waals surface area contributed by atoms with Crippen molar-refractivity contribution >= 4 is 11.6 Å². The van der Waals surface area contributed by atoms with Gasteiger partial charge in [-0.25, -0.2) is 4.39 Å². The third kappa shape index (κ3) is 3.43. The molecule has 1 aliphatic carbocycles. The van der Waals surface area contributed by atoms with Gasteiger partial charge in [0.1, 0.15) is 5.82 Å². The van der Waals surface area contributed by atoms with Gasteiger partial charge in [0, 0.05) is 0 Å². The Labute approximate surface area is 107 Å². The highest BCUT2D eigenvalue weighted by Gasteiger charge is 2.20. The summed E-state index contributed by atoms with van der Waals surface area (Å²) in [6.45, 7) is 0. The summed E-state index contributed by atoms with van der Waals surface area (Å²) in [7, 11) is 0. The van der Waals surface area contributed by atoms with E-state index in [1.54, 1.807) is 6.07 Å². The number of hydrogen-bond acceptors (Lipinski definition) is 1. The molecule has 2 atom stereocenters. The second kappa shape index (κ2) is 5.83. The Kier molecular flexibility index (Phi) is 4.41. The van der Waals surface area contributed by atoms with E-state index in [0.29, 0.717) is 5.92 Å². The fraction of sp³-hybridized carbons (Fsp3) is 0.571. The highest BCUT2D eigenvalue weighted by molar-refractivity contribution is 6.31. The molecule has 0 spiro atoms. The van der Waals surface area contributed by atoms with E-state index in [-0.39, 0.29) is 16.9 Å². The minimum Gasteiger partial charge on any atom is -0.393 e. The number of benzene rings is 1. The van der Waals surface area contributed by atoms with Crippen molar-refractivity contribution in [1.82, 2.24) is 0 Å². The molecule has 0 saturated heterocycles. The molecule has 1 saturated carbocycles. The summed E-state index contributed by atoms with van der Waals surface area (Å²) in [5.74, 6) is 0.0742. The molecule has 0 radical (unpaired) electrons. The summed E-state index contributed by atoms with van der Waals surface area (Å²) >= 11 is 5.95. The SMILES string of the molecule is OC1CCCCC(Cc2cccc(F)c2Cl)C1. The maximum atomic E-state index is 13.3. The van der Waals surface area contributed by atoms with Crippen molar-refractivity contribution in [3.05, 3.63) is 34.6 Å². The molecular formula is C14H18ClFO. The topological polar surface area (TPSA) is 20.2 Å². The van der Waals surface area contributed by atoms with Crippen LogP contribution < -0.4 is 0 Å². The molecule has 17 heavy (non-hydrogen) atoms. The second-order valence-electron chi connectivity index (χ2n) is 4.96. The number of hydrogen-bond donors (Lipinski definition) is 1. The van der Waals surface area contributed by atoms with Gasteiger partial charge in [0.05, 0.1) is 11.1 Å². The third-order valence-corrected chi connectivity index (χ3v) is 3.97. The van der Waals surface area contributed by atoms with Crippen LogP contribution in [0.1, 0.15) is 37.7 Å². The van der Waals surface area contributed by atoms with Crippen molar-refractivity contribution in [2.45, 2.75) is 44.6 Å². The molecule has 2 rings (SSSR count). The molecule has 1 fully saturated rings. The lowest BCUT2D eigenvalue weighted by molar-refractivity contribution is 0.141. The average molecular weight is 257 g/mol. The lowest BCUT2D eigenvalue weighted by Crippen LogP contribution is -2.12. The zero-order chi connectivity index (χ0) is 12.3. The summed E-state index contributed by atoms with van der Waals surface area (Å²) in [4.78, 5) is 0. The number of aliphatic hydroxyl groups is 1. The van der Waals surface area contributed by atoms with Crippen LogP contribution in [0.5, 0.6) is 0 Å². The number of rotatable bonds is 2. The molecule has 0 amide bonds. The van der Waals surface area contributed by atoms with Gasteiger partial charge in [0.2, 0.25) is 0 Å². The zero-order valence-corrected chi connectivity index (χ0v) is 10.6. The van der Waals surface area contributed by atoms with E-state index in [9.17, 15) is 9.50 Å². The van der Waals surface area contributed by atoms with Crippen LogP contribution >= 0.6 is 11.6 Å². The minimum absolute atomic E-state index is 0.199. The molecule has 2 unspecified atom stereocenters. The van der Waals surface area contributed by atoms with Gasteiger partial charge in [-0.1, -0.05) is 43.0 Å². The highest BCUT2D eigenvalue weighted by atomic mass is 35.5. The van der Waals surface area contributed by atoms with E-state index >= 15 is 0 Å². The van der Waals surface area contributed by atoms with Crippen LogP contribution in [0.25, 0.3) is 0 Å². The van der Waals surface area contributed by atoms with Crippen molar-refractivity contribution in [2.75, 3.05) is 0 Å². The van der Waals surface area contributed by atoms with Crippen LogP contribution in [0, 0.1) is 11.7 Å². The summed E-state index contributed by atoms with van der Waals surface area (Å²) in [6, 6.07) is 4.96. The van der Waals surface area contributed by atoms with Crippen molar-refractivity contribution in [2.24, 2.45) is 5.92 Å². The quantitative estimate of drug-likeness (QED) is 0.794. The number of aliphatic hydroxyl groups excluding tert-OH is 1. The van der Waals surface area contributed by atoms with Crippen molar-refractivity contribution in [3.63, 3.8) is 0 Å². The Balaban J connectivity index is 2.06. The van der Waals surface area contributed by atoms with Gasteiger partial charge >= 0.3 is 0 Å². The molecule has 0 aliphatic heterocycles. The Morgan fingerprint density at radius 1 is 1.29 bits per heavy atom. The molecule has 1 aromatic rings. The smallest absolute Gasteiger partial charge is 0.142 e. The van der Waals surface area contributed by atoms with Gasteiger partial charge < -0.3 is 5.11 Å². The number of halogens is 2. The molecule has 3 heteroatoms. The molecular weight excluding hydrogens is 239 g/mol. The normalized spacial score (nSPS) is 25.6. The largest absolute Gasteiger partial charge is 0.393 e. The summed E-state index contributed by atoms with van der Waals surface area (Å²) in [6.07, 6.45) is 5.62. The summed E-state index contributed by atoms with van der Waals surface area (Å²) in [5.41, 5.74) is 0.866. The molecule has 0 aromatic heterocycles. The van der Waals surface area contributed by atoms with Gasteiger partial charge in [-0.15, -0.1) is 0 Å². The molecule has 1 nitrogen and oxygen atoms in total. The van der Waals surface area contributed by atoms with Gasteiger partial charge in [-0.05, 0) is 36.8 Å². The van der Waals surface area contributed by atoms with Crippen molar-refractivity contribution < 1.29 is 9.50 Å². The van der Waals surface area contributed by atoms with Crippen LogP contribution in [-0.4, -0.2) is 11.2 Å². The van der Waals surface area contributed by atoms with Gasteiger partial charge in [-0.3, -0.25) is 0 Å². The van der Waals surface area contributed by atoms with Crippen molar-refractivity contribution in [1.29, 1.82) is 0 Å². The first kappa shape index (κ1) is 12.8. The molecule has 94 valence electrons. The van der Waals surface area contributed by atoms with E-state index in [0.717, 1.165) is 44.1 Å². The maximum Gasteiger partial charge on any atom is 0.142 e. The zero-order valence-electron chi connectivity index (χ0n) is 9.83. The van der Waals surface area contributed by atoms with E-state index in [2.05, 4.69) is 0 Å². The third-order valence-electron chi connectivity index (χ3n) is 3.55. The average Bonchev–Trinajstić information content (AvgIpc) is 2.49. The Morgan fingerprint density at radius 2 is 2.06 bits per heavy atom. The predicted molar refractivity (Wildman–Crippen MR) is 67.7 cm³/mol. The van der Waals surface area contributed by atoms with Crippen LogP contribution in [0.3, 0.4) is 0 Å². The van der Waals surface area contributed by atoms with E-state index < -0.39 is 0 Å². The van der Waals surface area contributed by atoms with E-state index in [1.807, 2.05) is 6.07 Å². The Bertz CT molecular complexity index is 380. The first-order valence-electron chi connectivity index (χ1n) is 6.27. The van der Waals surface area contributed by atoms with E-state index in [4.69, 9.17) is 11.6 Å². The first-order chi connectivity index (χ1) is 8.16. The fourth-order valence-corrected chi connectivity index (χ4v) is 2.84. The first-order valence-corrected chi connectivity index (χ1v) is 6.65. The van der Waals surface area contributed by atoms with Crippen molar-refractivity contribution in [3.8, 4) is 0 Å². The monoisotopic (exact) mass is 256 g/mol.